The highest BCUT2D eigenvalue weighted by Gasteiger charge is 2.10. The molecular formula is C15H20N2O6. The number of hydrogen-bond donors (Lipinski definition) is 2. The fourth-order valence-corrected chi connectivity index (χ4v) is 1.62. The third kappa shape index (κ3) is 7.16. The van der Waals surface area contributed by atoms with Crippen molar-refractivity contribution in [3.8, 4) is 5.75 Å². The molecule has 0 saturated heterocycles. The van der Waals surface area contributed by atoms with Gasteiger partial charge in [0.05, 0.1) is 13.5 Å². The molecule has 1 aromatic carbocycles. The molecular weight excluding hydrogens is 304 g/mol. The van der Waals surface area contributed by atoms with Crippen molar-refractivity contribution >= 4 is 18.0 Å². The Morgan fingerprint density at radius 3 is 2.70 bits per heavy atom. The number of rotatable bonds is 8. The molecule has 0 spiro atoms. The lowest BCUT2D eigenvalue weighted by molar-refractivity contribution is -0.143. The third-order valence-electron chi connectivity index (χ3n) is 2.93. The molecule has 0 bridgehead atoms. The molecule has 2 amide bonds. The van der Waals surface area contributed by atoms with E-state index in [1.54, 1.807) is 24.3 Å². The van der Waals surface area contributed by atoms with E-state index in [0.717, 1.165) is 5.56 Å². The van der Waals surface area contributed by atoms with Crippen LogP contribution in [-0.4, -0.2) is 55.3 Å². The number of carboxylic acid groups (broad SMARTS) is 1. The highest BCUT2D eigenvalue weighted by molar-refractivity contribution is 5.75. The third-order valence-corrected chi connectivity index (χ3v) is 2.93. The normalized spacial score (nSPS) is 9.83. The van der Waals surface area contributed by atoms with Gasteiger partial charge in [0.25, 0.3) is 0 Å². The smallest absolute Gasteiger partial charge is 0.343 e. The van der Waals surface area contributed by atoms with Crippen molar-refractivity contribution in [2.75, 3.05) is 27.3 Å². The summed E-state index contributed by atoms with van der Waals surface area (Å²) in [5.41, 5.74) is 0.785. The number of carbonyl (C=O) groups excluding carboxylic acids is 2. The molecule has 126 valence electrons. The first-order valence-corrected chi connectivity index (χ1v) is 6.91. The molecule has 2 N–H and O–H groups in total. The number of nitrogens with zero attached hydrogens (tertiary/aromatic N) is 1. The van der Waals surface area contributed by atoms with Gasteiger partial charge in [-0.3, -0.25) is 4.79 Å². The Balaban J connectivity index is 2.46. The second kappa shape index (κ2) is 9.29. The Morgan fingerprint density at radius 2 is 2.04 bits per heavy atom. The molecule has 0 atom stereocenters. The van der Waals surface area contributed by atoms with Gasteiger partial charge in [0, 0.05) is 20.1 Å². The minimum atomic E-state index is -0.958. The quantitative estimate of drug-likeness (QED) is 0.687. The molecule has 23 heavy (non-hydrogen) atoms. The van der Waals surface area contributed by atoms with E-state index in [1.165, 1.54) is 19.1 Å². The van der Waals surface area contributed by atoms with Crippen LogP contribution in [0.3, 0.4) is 0 Å². The summed E-state index contributed by atoms with van der Waals surface area (Å²) in [6.45, 7) is 0.194. The average molecular weight is 324 g/mol. The van der Waals surface area contributed by atoms with Crippen LogP contribution >= 0.6 is 0 Å². The number of carbonyl (C=O) groups is 3. The number of hydrogen-bond acceptors (Lipinski definition) is 5. The number of urea groups is 1. The molecule has 0 aromatic heterocycles. The lowest BCUT2D eigenvalue weighted by Crippen LogP contribution is -2.37. The van der Waals surface area contributed by atoms with E-state index in [2.05, 4.69) is 10.1 Å². The van der Waals surface area contributed by atoms with E-state index in [1.807, 2.05) is 0 Å². The number of methoxy groups -OCH3 is 1. The number of amides is 2. The summed E-state index contributed by atoms with van der Waals surface area (Å²) in [5, 5.41) is 11.3. The van der Waals surface area contributed by atoms with Gasteiger partial charge in [-0.1, -0.05) is 12.1 Å². The standard InChI is InChI=1S/C15H20N2O6/c1-17(7-6-13(18)19)15(21)16-9-11-4-3-5-12(8-11)23-10-14(20)22-2/h3-5,8H,6-7,9-10H2,1-2H3,(H,16,21)(H,18,19). The van der Waals surface area contributed by atoms with E-state index in [-0.39, 0.29) is 32.1 Å². The zero-order valence-corrected chi connectivity index (χ0v) is 13.1. The van der Waals surface area contributed by atoms with Crippen molar-refractivity contribution in [3.63, 3.8) is 0 Å². The van der Waals surface area contributed by atoms with Crippen LogP contribution in [0.4, 0.5) is 4.79 Å². The van der Waals surface area contributed by atoms with Gasteiger partial charge < -0.3 is 24.8 Å². The summed E-state index contributed by atoms with van der Waals surface area (Å²) < 4.78 is 9.73. The van der Waals surface area contributed by atoms with Gasteiger partial charge in [-0.2, -0.15) is 0 Å². The maximum atomic E-state index is 11.8. The first-order valence-electron chi connectivity index (χ1n) is 6.91. The number of ether oxygens (including phenoxy) is 2. The lowest BCUT2D eigenvalue weighted by atomic mass is 10.2. The van der Waals surface area contributed by atoms with Gasteiger partial charge in [0.1, 0.15) is 5.75 Å². The predicted octanol–water partition coefficient (Wildman–Crippen LogP) is 0.854. The maximum absolute atomic E-state index is 11.8. The average Bonchev–Trinajstić information content (AvgIpc) is 2.55. The molecule has 1 aromatic rings. The monoisotopic (exact) mass is 324 g/mol. The Kier molecular flexibility index (Phi) is 7.38. The number of benzene rings is 1. The molecule has 0 aliphatic carbocycles. The SMILES string of the molecule is COC(=O)COc1cccc(CNC(=O)N(C)CCC(=O)O)c1. The molecule has 0 aliphatic heterocycles. The van der Waals surface area contributed by atoms with Crippen molar-refractivity contribution < 1.29 is 29.0 Å². The number of nitrogens with one attached hydrogen (secondary N) is 1. The van der Waals surface area contributed by atoms with Crippen LogP contribution in [0.15, 0.2) is 24.3 Å². The fourth-order valence-electron chi connectivity index (χ4n) is 1.62. The molecule has 0 aliphatic rings. The Bertz CT molecular complexity index is 561. The van der Waals surface area contributed by atoms with E-state index < -0.39 is 11.9 Å². The number of aliphatic carboxylic acids is 1. The summed E-state index contributed by atoms with van der Waals surface area (Å²) in [5.74, 6) is -0.953. The minimum absolute atomic E-state index is 0.110. The maximum Gasteiger partial charge on any atom is 0.343 e. The Morgan fingerprint density at radius 1 is 1.30 bits per heavy atom. The molecule has 1 rings (SSSR count). The highest BCUT2D eigenvalue weighted by Crippen LogP contribution is 2.13. The van der Waals surface area contributed by atoms with Gasteiger partial charge >= 0.3 is 18.0 Å². The van der Waals surface area contributed by atoms with Crippen LogP contribution in [0.1, 0.15) is 12.0 Å². The molecule has 8 heteroatoms. The van der Waals surface area contributed by atoms with E-state index in [0.29, 0.717) is 5.75 Å². The Hall–Kier alpha value is -2.77. The highest BCUT2D eigenvalue weighted by atomic mass is 16.6. The van der Waals surface area contributed by atoms with Gasteiger partial charge in [-0.15, -0.1) is 0 Å². The summed E-state index contributed by atoms with van der Waals surface area (Å²) in [7, 11) is 2.80. The van der Waals surface area contributed by atoms with Crippen molar-refractivity contribution in [2.24, 2.45) is 0 Å². The van der Waals surface area contributed by atoms with Gasteiger partial charge in [-0.05, 0) is 17.7 Å². The topological polar surface area (TPSA) is 105 Å². The van der Waals surface area contributed by atoms with Crippen molar-refractivity contribution in [1.29, 1.82) is 0 Å². The summed E-state index contributed by atoms with van der Waals surface area (Å²) in [6.07, 6.45) is -0.110. The zero-order chi connectivity index (χ0) is 17.2. The van der Waals surface area contributed by atoms with E-state index in [9.17, 15) is 14.4 Å². The largest absolute Gasteiger partial charge is 0.482 e. The lowest BCUT2D eigenvalue weighted by Gasteiger charge is -2.17. The van der Waals surface area contributed by atoms with E-state index >= 15 is 0 Å². The molecule has 0 unspecified atom stereocenters. The second-order valence-electron chi connectivity index (χ2n) is 4.74. The molecule has 0 fully saturated rings. The van der Waals surface area contributed by atoms with E-state index in [4.69, 9.17) is 9.84 Å². The summed E-state index contributed by atoms with van der Waals surface area (Å²) >= 11 is 0. The van der Waals surface area contributed by atoms with Gasteiger partial charge in [0.2, 0.25) is 0 Å². The van der Waals surface area contributed by atoms with Crippen molar-refractivity contribution in [3.05, 3.63) is 29.8 Å². The first kappa shape index (κ1) is 18.3. The predicted molar refractivity (Wildman–Crippen MR) is 81.1 cm³/mol. The van der Waals surface area contributed by atoms with Crippen LogP contribution < -0.4 is 10.1 Å². The summed E-state index contributed by atoms with van der Waals surface area (Å²) in [6, 6.07) is 6.55. The molecule has 0 radical (unpaired) electrons. The molecule has 8 nitrogen and oxygen atoms in total. The molecule has 0 heterocycles. The first-order chi connectivity index (χ1) is 10.9. The van der Waals surface area contributed by atoms with Crippen LogP contribution in [0.2, 0.25) is 0 Å². The number of esters is 1. The van der Waals surface area contributed by atoms with Crippen molar-refractivity contribution in [1.82, 2.24) is 10.2 Å². The fraction of sp³-hybridized carbons (Fsp3) is 0.400. The van der Waals surface area contributed by atoms with Crippen molar-refractivity contribution in [2.45, 2.75) is 13.0 Å². The zero-order valence-electron chi connectivity index (χ0n) is 13.1. The van der Waals surface area contributed by atoms with Gasteiger partial charge in [-0.25, -0.2) is 9.59 Å². The second-order valence-corrected chi connectivity index (χ2v) is 4.74. The Labute approximate surface area is 134 Å². The van der Waals surface area contributed by atoms with Gasteiger partial charge in [0.15, 0.2) is 6.61 Å². The number of carboxylic acids is 1. The van der Waals surface area contributed by atoms with Crippen LogP contribution in [-0.2, 0) is 20.9 Å². The summed E-state index contributed by atoms with van der Waals surface area (Å²) in [4.78, 5) is 34.6. The molecule has 0 saturated carbocycles. The van der Waals surface area contributed by atoms with Crippen LogP contribution in [0.25, 0.3) is 0 Å². The van der Waals surface area contributed by atoms with Crippen LogP contribution in [0.5, 0.6) is 5.75 Å². The minimum Gasteiger partial charge on any atom is -0.482 e. The van der Waals surface area contributed by atoms with Crippen LogP contribution in [0, 0.1) is 0 Å².